The first-order chi connectivity index (χ1) is 12.5. The van der Waals surface area contributed by atoms with Crippen LogP contribution >= 0.6 is 0 Å². The molecule has 2 aromatic heterocycles. The minimum absolute atomic E-state index is 0.0949. The number of anilines is 1. The van der Waals surface area contributed by atoms with E-state index in [0.29, 0.717) is 23.3 Å². The maximum atomic E-state index is 11.0. The van der Waals surface area contributed by atoms with Gasteiger partial charge in [0.2, 0.25) is 11.8 Å². The molecule has 0 aliphatic rings. The van der Waals surface area contributed by atoms with Gasteiger partial charge in [-0.3, -0.25) is 0 Å². The third kappa shape index (κ3) is 3.70. The lowest BCUT2D eigenvalue weighted by molar-refractivity contribution is 0.0697. The van der Waals surface area contributed by atoms with Crippen LogP contribution in [0.2, 0.25) is 0 Å². The molecular formula is C18H18N4O4. The van der Waals surface area contributed by atoms with Crippen molar-refractivity contribution >= 4 is 23.0 Å². The van der Waals surface area contributed by atoms with Crippen LogP contribution in [0, 0.1) is 0 Å². The molecule has 0 aliphatic heterocycles. The highest BCUT2D eigenvalue weighted by atomic mass is 16.5. The fourth-order valence-corrected chi connectivity index (χ4v) is 2.49. The summed E-state index contributed by atoms with van der Waals surface area (Å²) in [6.45, 7) is 2.24. The summed E-state index contributed by atoms with van der Waals surface area (Å²) in [4.78, 5) is 23.9. The minimum Gasteiger partial charge on any atom is -0.478 e. The third-order valence-electron chi connectivity index (χ3n) is 3.67. The largest absolute Gasteiger partial charge is 0.478 e. The number of rotatable bonds is 6. The number of nitrogen functional groups attached to an aromatic ring is 1. The molecule has 8 heteroatoms. The molecule has 134 valence electrons. The molecule has 0 radical (unpaired) electrons. The molecule has 0 fully saturated rings. The van der Waals surface area contributed by atoms with Crippen molar-refractivity contribution in [2.24, 2.45) is 0 Å². The highest BCUT2D eigenvalue weighted by Gasteiger charge is 2.14. The molecule has 1 atom stereocenters. The van der Waals surface area contributed by atoms with Crippen LogP contribution in [0.1, 0.15) is 17.3 Å². The summed E-state index contributed by atoms with van der Waals surface area (Å²) in [5.74, 6) is -0.603. The molecule has 0 saturated heterocycles. The van der Waals surface area contributed by atoms with Crippen molar-refractivity contribution in [1.82, 2.24) is 15.0 Å². The van der Waals surface area contributed by atoms with Gasteiger partial charge in [0.15, 0.2) is 5.52 Å². The first-order valence-corrected chi connectivity index (χ1v) is 7.91. The van der Waals surface area contributed by atoms with E-state index in [1.807, 2.05) is 6.92 Å². The topological polar surface area (TPSA) is 120 Å². The van der Waals surface area contributed by atoms with Gasteiger partial charge in [0.25, 0.3) is 0 Å². The molecule has 0 saturated carbocycles. The van der Waals surface area contributed by atoms with Gasteiger partial charge >= 0.3 is 5.97 Å². The van der Waals surface area contributed by atoms with E-state index in [1.165, 1.54) is 12.1 Å². The number of aromatic nitrogens is 3. The van der Waals surface area contributed by atoms with Crippen LogP contribution in [-0.2, 0) is 4.74 Å². The van der Waals surface area contributed by atoms with Crippen LogP contribution in [0.25, 0.3) is 22.3 Å². The summed E-state index contributed by atoms with van der Waals surface area (Å²) in [6, 6.07) is 10.0. The van der Waals surface area contributed by atoms with Crippen LogP contribution in [-0.4, -0.2) is 45.8 Å². The molecule has 1 aromatic carbocycles. The van der Waals surface area contributed by atoms with E-state index in [2.05, 4.69) is 15.0 Å². The van der Waals surface area contributed by atoms with Crippen molar-refractivity contribution in [2.45, 2.75) is 13.0 Å². The van der Waals surface area contributed by atoms with Gasteiger partial charge in [0.1, 0.15) is 6.10 Å². The monoisotopic (exact) mass is 354 g/mol. The zero-order valence-corrected chi connectivity index (χ0v) is 14.3. The quantitative estimate of drug-likeness (QED) is 0.692. The zero-order valence-electron chi connectivity index (χ0n) is 14.3. The van der Waals surface area contributed by atoms with Gasteiger partial charge in [-0.15, -0.1) is 0 Å². The van der Waals surface area contributed by atoms with Crippen molar-refractivity contribution in [3.8, 4) is 17.1 Å². The summed E-state index contributed by atoms with van der Waals surface area (Å²) in [7, 11) is 1.59. The Kier molecular flexibility index (Phi) is 4.94. The van der Waals surface area contributed by atoms with Crippen molar-refractivity contribution in [2.75, 3.05) is 19.5 Å². The van der Waals surface area contributed by atoms with E-state index in [4.69, 9.17) is 20.3 Å². The molecule has 3 aromatic rings. The summed E-state index contributed by atoms with van der Waals surface area (Å²) in [5.41, 5.74) is 8.41. The Morgan fingerprint density at radius 2 is 1.88 bits per heavy atom. The van der Waals surface area contributed by atoms with Gasteiger partial charge in [-0.25, -0.2) is 14.8 Å². The van der Waals surface area contributed by atoms with Crippen LogP contribution in [0.5, 0.6) is 5.88 Å². The van der Waals surface area contributed by atoms with E-state index in [1.54, 1.807) is 31.4 Å². The lowest BCUT2D eigenvalue weighted by Crippen LogP contribution is -2.19. The number of carboxylic acid groups (broad SMARTS) is 1. The Labute approximate surface area is 149 Å². The molecule has 3 N–H and O–H groups in total. The molecule has 8 nitrogen and oxygen atoms in total. The number of methoxy groups -OCH3 is 1. The number of pyridine rings is 1. The lowest BCUT2D eigenvalue weighted by atomic mass is 10.1. The molecule has 0 spiro atoms. The van der Waals surface area contributed by atoms with Gasteiger partial charge in [0.05, 0.1) is 23.4 Å². The Hall–Kier alpha value is -3.26. The summed E-state index contributed by atoms with van der Waals surface area (Å²) < 4.78 is 10.9. The predicted molar refractivity (Wildman–Crippen MR) is 96.1 cm³/mol. The number of carboxylic acids is 1. The molecule has 26 heavy (non-hydrogen) atoms. The van der Waals surface area contributed by atoms with E-state index >= 15 is 0 Å². The number of carbonyl (C=O) groups is 1. The van der Waals surface area contributed by atoms with E-state index in [9.17, 15) is 4.79 Å². The smallest absolute Gasteiger partial charge is 0.335 e. The Bertz CT molecular complexity index is 944. The normalized spacial score (nSPS) is 12.1. The number of hydrogen-bond acceptors (Lipinski definition) is 7. The second-order valence-corrected chi connectivity index (χ2v) is 5.72. The second kappa shape index (κ2) is 7.32. The lowest BCUT2D eigenvalue weighted by Gasteiger charge is -2.14. The molecule has 3 rings (SSSR count). The standard InChI is InChI=1S/C18H18N4O4/c1-10(9-25-2)26-16-15-14(21-18(19)22-16)8-7-13(20-15)11-3-5-12(6-4-11)17(23)24/h3-8,10H,9H2,1-2H3,(H,23,24)(H2,19,21,22)/t10-/m1/s1. The van der Waals surface area contributed by atoms with Gasteiger partial charge < -0.3 is 20.3 Å². The Morgan fingerprint density at radius 1 is 1.15 bits per heavy atom. The Balaban J connectivity index is 2.03. The van der Waals surface area contributed by atoms with Gasteiger partial charge in [-0.05, 0) is 31.2 Å². The SMILES string of the molecule is COC[C@@H](C)Oc1nc(N)nc2ccc(-c3ccc(C(=O)O)cc3)nc12. The number of fused-ring (bicyclic) bond motifs is 1. The number of aromatic carboxylic acids is 1. The average molecular weight is 354 g/mol. The van der Waals surface area contributed by atoms with Crippen LogP contribution < -0.4 is 10.5 Å². The average Bonchev–Trinajstić information content (AvgIpc) is 2.61. The van der Waals surface area contributed by atoms with E-state index in [0.717, 1.165) is 5.56 Å². The van der Waals surface area contributed by atoms with E-state index < -0.39 is 5.97 Å². The fourth-order valence-electron chi connectivity index (χ4n) is 2.49. The predicted octanol–water partition coefficient (Wildman–Crippen LogP) is 2.39. The van der Waals surface area contributed by atoms with Gasteiger partial charge in [-0.2, -0.15) is 4.98 Å². The van der Waals surface area contributed by atoms with Crippen LogP contribution in [0.15, 0.2) is 36.4 Å². The first-order valence-electron chi connectivity index (χ1n) is 7.91. The third-order valence-corrected chi connectivity index (χ3v) is 3.67. The number of nitrogens with zero attached hydrogens (tertiary/aromatic N) is 3. The zero-order chi connectivity index (χ0) is 18.7. The van der Waals surface area contributed by atoms with Crippen molar-refractivity contribution < 1.29 is 19.4 Å². The summed E-state index contributed by atoms with van der Waals surface area (Å²) >= 11 is 0. The van der Waals surface area contributed by atoms with Gasteiger partial charge in [-0.1, -0.05) is 12.1 Å². The number of benzene rings is 1. The molecule has 0 aliphatic carbocycles. The number of hydrogen-bond donors (Lipinski definition) is 2. The van der Waals surface area contributed by atoms with Crippen LogP contribution in [0.3, 0.4) is 0 Å². The van der Waals surface area contributed by atoms with Crippen molar-refractivity contribution in [1.29, 1.82) is 0 Å². The Morgan fingerprint density at radius 3 is 2.54 bits per heavy atom. The first kappa shape index (κ1) is 17.6. The van der Waals surface area contributed by atoms with Crippen molar-refractivity contribution in [3.63, 3.8) is 0 Å². The van der Waals surface area contributed by atoms with Crippen LogP contribution in [0.4, 0.5) is 5.95 Å². The summed E-state index contributed by atoms with van der Waals surface area (Å²) in [5, 5.41) is 9.01. The van der Waals surface area contributed by atoms with Gasteiger partial charge in [0, 0.05) is 12.7 Å². The fraction of sp³-hybridized carbons (Fsp3) is 0.222. The second-order valence-electron chi connectivity index (χ2n) is 5.72. The maximum Gasteiger partial charge on any atom is 0.335 e. The van der Waals surface area contributed by atoms with Crippen molar-refractivity contribution in [3.05, 3.63) is 42.0 Å². The highest BCUT2D eigenvalue weighted by molar-refractivity contribution is 5.88. The molecular weight excluding hydrogens is 336 g/mol. The molecule has 0 unspecified atom stereocenters. The highest BCUT2D eigenvalue weighted by Crippen LogP contribution is 2.26. The molecule has 0 bridgehead atoms. The summed E-state index contributed by atoms with van der Waals surface area (Å²) in [6.07, 6.45) is -0.238. The number of nitrogens with two attached hydrogens (primary N) is 1. The minimum atomic E-state index is -0.977. The number of ether oxygens (including phenoxy) is 2. The molecule has 0 amide bonds. The van der Waals surface area contributed by atoms with E-state index in [-0.39, 0.29) is 23.5 Å². The maximum absolute atomic E-state index is 11.0. The molecule has 2 heterocycles.